The maximum Gasteiger partial charge on any atom is 0.338 e. The van der Waals surface area contributed by atoms with Crippen LogP contribution in [0.1, 0.15) is 23.1 Å². The van der Waals surface area contributed by atoms with Crippen LogP contribution in [0.2, 0.25) is 0 Å². The monoisotopic (exact) mass is 435 g/mol. The van der Waals surface area contributed by atoms with Crippen molar-refractivity contribution in [3.05, 3.63) is 54.0 Å². The lowest BCUT2D eigenvalue weighted by Crippen LogP contribution is -2.38. The van der Waals surface area contributed by atoms with E-state index in [1.807, 2.05) is 13.0 Å². The number of rotatable bonds is 7. The Labute approximate surface area is 185 Å². The molecule has 0 saturated carbocycles. The van der Waals surface area contributed by atoms with E-state index in [1.54, 1.807) is 18.2 Å². The summed E-state index contributed by atoms with van der Waals surface area (Å²) in [5, 5.41) is 12.9. The zero-order valence-corrected chi connectivity index (χ0v) is 17.9. The Kier molecular flexibility index (Phi) is 6.29. The molecular weight excluding hydrogens is 410 g/mol. The molecule has 9 heteroatoms. The van der Waals surface area contributed by atoms with Crippen LogP contribution in [0.3, 0.4) is 0 Å². The lowest BCUT2D eigenvalue weighted by Gasteiger charge is -2.26. The smallest absolute Gasteiger partial charge is 0.338 e. The fraction of sp³-hybridized carbons (Fsp3) is 0.304. The number of hydrogen-bond donors (Lipinski definition) is 3. The number of morpholine rings is 1. The number of ether oxygens (including phenoxy) is 1. The summed E-state index contributed by atoms with van der Waals surface area (Å²) in [4.78, 5) is 38.4. The van der Waals surface area contributed by atoms with Crippen molar-refractivity contribution >= 4 is 28.6 Å². The predicted octanol–water partition coefficient (Wildman–Crippen LogP) is 2.71. The number of fused-ring (bicyclic) bond motifs is 1. The second-order valence-electron chi connectivity index (χ2n) is 7.60. The molecule has 9 nitrogen and oxygen atoms in total. The second-order valence-corrected chi connectivity index (χ2v) is 7.60. The first-order valence-electron chi connectivity index (χ1n) is 10.5. The summed E-state index contributed by atoms with van der Waals surface area (Å²) in [6.07, 6.45) is 2.02. The molecule has 4 rings (SSSR count). The van der Waals surface area contributed by atoms with Crippen molar-refractivity contribution in [3.63, 3.8) is 0 Å². The second kappa shape index (κ2) is 9.29. The first kappa shape index (κ1) is 21.7. The Morgan fingerprint density at radius 2 is 2.06 bits per heavy atom. The Bertz CT molecular complexity index is 1180. The molecular formula is C23H25N5O4. The molecule has 32 heavy (non-hydrogen) atoms. The van der Waals surface area contributed by atoms with Gasteiger partial charge < -0.3 is 20.1 Å². The van der Waals surface area contributed by atoms with Crippen LogP contribution in [0.15, 0.2) is 42.6 Å². The predicted molar refractivity (Wildman–Crippen MR) is 121 cm³/mol. The van der Waals surface area contributed by atoms with E-state index in [-0.39, 0.29) is 11.5 Å². The number of nitrogens with one attached hydrogen (secondary N) is 2. The molecule has 3 heterocycles. The summed E-state index contributed by atoms with van der Waals surface area (Å²) in [5.74, 6) is -0.725. The highest BCUT2D eigenvalue weighted by molar-refractivity contribution is 6.08. The normalized spacial score (nSPS) is 14.4. The maximum atomic E-state index is 12.7. The molecule has 0 bridgehead atoms. The summed E-state index contributed by atoms with van der Waals surface area (Å²) in [5.41, 5.74) is 2.81. The number of H-pyrrole nitrogens is 1. The summed E-state index contributed by atoms with van der Waals surface area (Å²) < 4.78 is 5.34. The van der Waals surface area contributed by atoms with E-state index in [1.165, 1.54) is 6.20 Å². The molecule has 2 aromatic heterocycles. The number of carbonyl (C=O) groups is 2. The van der Waals surface area contributed by atoms with Crippen molar-refractivity contribution in [1.82, 2.24) is 19.9 Å². The molecule has 0 unspecified atom stereocenters. The average molecular weight is 435 g/mol. The van der Waals surface area contributed by atoms with Gasteiger partial charge in [-0.1, -0.05) is 25.6 Å². The molecule has 3 aromatic rings. The number of nitrogens with zero attached hydrogens (tertiary/aromatic N) is 3. The van der Waals surface area contributed by atoms with E-state index in [9.17, 15) is 14.7 Å². The topological polar surface area (TPSA) is 120 Å². The van der Waals surface area contributed by atoms with Gasteiger partial charge in [-0.25, -0.2) is 14.8 Å². The molecule has 1 amide bonds. The third-order valence-corrected chi connectivity index (χ3v) is 5.36. The van der Waals surface area contributed by atoms with Gasteiger partial charge in [-0.15, -0.1) is 0 Å². The number of anilines is 1. The number of carbonyl (C=O) groups excluding carboxylic acids is 1. The van der Waals surface area contributed by atoms with E-state index in [4.69, 9.17) is 4.74 Å². The van der Waals surface area contributed by atoms with Crippen molar-refractivity contribution in [1.29, 1.82) is 0 Å². The lowest BCUT2D eigenvalue weighted by molar-refractivity contribution is -0.113. The molecule has 1 aliphatic rings. The van der Waals surface area contributed by atoms with Gasteiger partial charge in [0.25, 0.3) is 5.91 Å². The van der Waals surface area contributed by atoms with Crippen LogP contribution in [0, 0.1) is 0 Å². The van der Waals surface area contributed by atoms with Gasteiger partial charge in [0.05, 0.1) is 29.9 Å². The van der Waals surface area contributed by atoms with Gasteiger partial charge in [-0.2, -0.15) is 0 Å². The number of amides is 1. The summed E-state index contributed by atoms with van der Waals surface area (Å²) in [6.45, 7) is 9.19. The fourth-order valence-electron chi connectivity index (χ4n) is 3.68. The minimum absolute atomic E-state index is 0.103. The van der Waals surface area contributed by atoms with Gasteiger partial charge in [-0.3, -0.25) is 9.69 Å². The van der Waals surface area contributed by atoms with Crippen LogP contribution < -0.4 is 5.32 Å². The highest BCUT2D eigenvalue weighted by atomic mass is 16.5. The third kappa shape index (κ3) is 4.53. The van der Waals surface area contributed by atoms with E-state index in [2.05, 4.69) is 31.7 Å². The molecule has 0 aliphatic carbocycles. The summed E-state index contributed by atoms with van der Waals surface area (Å²) in [7, 11) is 0. The highest BCUT2D eigenvalue weighted by Gasteiger charge is 2.20. The van der Waals surface area contributed by atoms with E-state index in [0.29, 0.717) is 65.6 Å². The molecule has 166 valence electrons. The van der Waals surface area contributed by atoms with Crippen molar-refractivity contribution in [3.8, 4) is 11.3 Å². The molecule has 1 aliphatic heterocycles. The molecule has 1 saturated heterocycles. The van der Waals surface area contributed by atoms with Crippen LogP contribution in [0.25, 0.3) is 22.3 Å². The SMILES string of the molecule is C=C(CN1CCOCC1)C(=O)Nc1cccc(-c2nc(CC)nc3[nH]cc(C(=O)O)c23)c1. The van der Waals surface area contributed by atoms with Crippen LogP contribution in [0.5, 0.6) is 0 Å². The number of carboxylic acid groups (broad SMARTS) is 1. The summed E-state index contributed by atoms with van der Waals surface area (Å²) >= 11 is 0. The van der Waals surface area contributed by atoms with Gasteiger partial charge >= 0.3 is 5.97 Å². The maximum absolute atomic E-state index is 12.7. The van der Waals surface area contributed by atoms with E-state index < -0.39 is 5.97 Å². The Morgan fingerprint density at radius 3 is 2.78 bits per heavy atom. The molecule has 0 spiro atoms. The van der Waals surface area contributed by atoms with Crippen molar-refractivity contribution in [2.45, 2.75) is 13.3 Å². The van der Waals surface area contributed by atoms with Crippen LogP contribution >= 0.6 is 0 Å². The number of carboxylic acids is 1. The Hall–Kier alpha value is -3.56. The first-order valence-corrected chi connectivity index (χ1v) is 10.5. The number of aromatic carboxylic acids is 1. The number of hydrogen-bond acceptors (Lipinski definition) is 6. The van der Waals surface area contributed by atoms with Gasteiger partial charge in [-0.05, 0) is 12.1 Å². The van der Waals surface area contributed by atoms with Gasteiger partial charge in [0, 0.05) is 49.1 Å². The molecule has 3 N–H and O–H groups in total. The standard InChI is InChI=1S/C23H25N5O4/c1-3-18-26-20(19-17(23(30)31)12-24-21(19)27-18)15-5-4-6-16(11-15)25-22(29)14(2)13-28-7-9-32-10-8-28/h4-6,11-12H,2-3,7-10,13H2,1H3,(H,25,29)(H,30,31)(H,24,26,27). The van der Waals surface area contributed by atoms with Crippen LogP contribution in [0.4, 0.5) is 5.69 Å². The zero-order chi connectivity index (χ0) is 22.7. The van der Waals surface area contributed by atoms with Crippen molar-refractivity contribution in [2.24, 2.45) is 0 Å². The van der Waals surface area contributed by atoms with Crippen LogP contribution in [-0.4, -0.2) is 69.7 Å². The third-order valence-electron chi connectivity index (χ3n) is 5.36. The number of benzene rings is 1. The molecule has 0 atom stereocenters. The molecule has 1 aromatic carbocycles. The van der Waals surface area contributed by atoms with Crippen molar-refractivity contribution in [2.75, 3.05) is 38.2 Å². The first-order chi connectivity index (χ1) is 15.5. The lowest BCUT2D eigenvalue weighted by atomic mass is 10.1. The molecule has 1 fully saturated rings. The largest absolute Gasteiger partial charge is 0.478 e. The average Bonchev–Trinajstić information content (AvgIpc) is 3.23. The van der Waals surface area contributed by atoms with Crippen LogP contribution in [-0.2, 0) is 16.0 Å². The Balaban J connectivity index is 1.61. The minimum Gasteiger partial charge on any atom is -0.478 e. The van der Waals surface area contributed by atoms with Gasteiger partial charge in [0.15, 0.2) is 0 Å². The summed E-state index contributed by atoms with van der Waals surface area (Å²) in [6, 6.07) is 7.18. The number of aryl methyl sites for hydroxylation is 1. The van der Waals surface area contributed by atoms with E-state index >= 15 is 0 Å². The van der Waals surface area contributed by atoms with Crippen molar-refractivity contribution < 1.29 is 19.4 Å². The number of aromatic amines is 1. The Morgan fingerprint density at radius 1 is 1.28 bits per heavy atom. The fourth-order valence-corrected chi connectivity index (χ4v) is 3.68. The van der Waals surface area contributed by atoms with Gasteiger partial charge in [0.2, 0.25) is 0 Å². The molecule has 0 radical (unpaired) electrons. The van der Waals surface area contributed by atoms with Gasteiger partial charge in [0.1, 0.15) is 11.5 Å². The minimum atomic E-state index is -1.06. The van der Waals surface area contributed by atoms with E-state index in [0.717, 1.165) is 13.1 Å². The highest BCUT2D eigenvalue weighted by Crippen LogP contribution is 2.30. The zero-order valence-electron chi connectivity index (χ0n) is 17.9. The number of aromatic nitrogens is 3. The quantitative estimate of drug-likeness (QED) is 0.488.